The number of hydrogen-bond donors (Lipinski definition) is 0. The van der Waals surface area contributed by atoms with E-state index in [0.717, 1.165) is 11.4 Å². The summed E-state index contributed by atoms with van der Waals surface area (Å²) in [5, 5.41) is 0.669. The van der Waals surface area contributed by atoms with E-state index in [0.29, 0.717) is 23.9 Å². The summed E-state index contributed by atoms with van der Waals surface area (Å²) < 4.78 is 10.4. The Kier molecular flexibility index (Phi) is 5.51. The Hall–Kier alpha value is -2.38. The zero-order chi connectivity index (χ0) is 15.9. The molecule has 0 N–H and O–H groups in total. The van der Waals surface area contributed by atoms with Crippen LogP contribution in [0.5, 0.6) is 5.75 Å². The van der Waals surface area contributed by atoms with Gasteiger partial charge >= 0.3 is 5.63 Å². The largest absolute Gasteiger partial charge is 0.481 e. The Bertz CT molecular complexity index is 741. The quantitative estimate of drug-likeness (QED) is 0.813. The van der Waals surface area contributed by atoms with Crippen LogP contribution in [0.4, 0.5) is 5.69 Å². The van der Waals surface area contributed by atoms with Gasteiger partial charge in [0.15, 0.2) is 0 Å². The molecular formula is C17H16ClNO3. The van der Waals surface area contributed by atoms with E-state index in [9.17, 15) is 4.79 Å². The Morgan fingerprint density at radius 3 is 2.64 bits per heavy atom. The van der Waals surface area contributed by atoms with Gasteiger partial charge in [-0.3, -0.25) is 0 Å². The molecule has 5 heteroatoms. The lowest BCUT2D eigenvalue weighted by molar-refractivity contribution is 0.370. The summed E-state index contributed by atoms with van der Waals surface area (Å²) in [4.78, 5) is 13.2. The highest BCUT2D eigenvalue weighted by Crippen LogP contribution is 2.15. The molecule has 114 valence electrons. The molecule has 0 radical (unpaired) electrons. The van der Waals surface area contributed by atoms with Crippen LogP contribution in [-0.2, 0) is 0 Å². The number of anilines is 1. The molecule has 1 aromatic heterocycles. The molecule has 0 aliphatic rings. The van der Waals surface area contributed by atoms with Gasteiger partial charge in [-0.15, -0.1) is 0 Å². The zero-order valence-corrected chi connectivity index (χ0v) is 13.2. The monoisotopic (exact) mass is 317 g/mol. The Morgan fingerprint density at radius 1 is 1.23 bits per heavy atom. The van der Waals surface area contributed by atoms with Crippen LogP contribution >= 0.6 is 11.6 Å². The summed E-state index contributed by atoms with van der Waals surface area (Å²) in [7, 11) is 1.86. The van der Waals surface area contributed by atoms with Crippen LogP contribution in [0.25, 0.3) is 0 Å². The van der Waals surface area contributed by atoms with E-state index in [4.69, 9.17) is 20.8 Å². The Morgan fingerprint density at radius 2 is 1.95 bits per heavy atom. The third kappa shape index (κ3) is 4.87. The second kappa shape index (κ2) is 7.58. The van der Waals surface area contributed by atoms with Crippen molar-refractivity contribution in [1.82, 2.24) is 0 Å². The maximum Gasteiger partial charge on any atom is 0.337 e. The predicted octanol–water partition coefficient (Wildman–Crippen LogP) is 3.12. The molecule has 1 aromatic carbocycles. The highest BCUT2D eigenvalue weighted by atomic mass is 35.5. The molecular weight excluding hydrogens is 302 g/mol. The van der Waals surface area contributed by atoms with Gasteiger partial charge in [0, 0.05) is 23.8 Å². The summed E-state index contributed by atoms with van der Waals surface area (Å²) in [5.74, 6) is 7.23. The maximum absolute atomic E-state index is 11.3. The van der Waals surface area contributed by atoms with E-state index in [1.54, 1.807) is 37.3 Å². The number of aryl methyl sites for hydroxylation is 1. The van der Waals surface area contributed by atoms with E-state index < -0.39 is 0 Å². The van der Waals surface area contributed by atoms with E-state index in [2.05, 4.69) is 11.8 Å². The number of halogens is 1. The van der Waals surface area contributed by atoms with Crippen LogP contribution in [-0.4, -0.2) is 20.2 Å². The first kappa shape index (κ1) is 16.0. The SMILES string of the molecule is Cc1cc(N(C)CC#CCOc2ccc(Cl)cc2)cc(=O)o1. The third-order valence-corrected chi connectivity index (χ3v) is 3.14. The molecule has 1 heterocycles. The number of benzene rings is 1. The normalized spacial score (nSPS) is 9.77. The first-order valence-corrected chi connectivity index (χ1v) is 7.09. The highest BCUT2D eigenvalue weighted by molar-refractivity contribution is 6.30. The highest BCUT2D eigenvalue weighted by Gasteiger charge is 2.02. The average Bonchev–Trinajstić information content (AvgIpc) is 2.47. The van der Waals surface area contributed by atoms with Crippen LogP contribution < -0.4 is 15.3 Å². The van der Waals surface area contributed by atoms with Crippen molar-refractivity contribution in [3.05, 3.63) is 57.6 Å². The van der Waals surface area contributed by atoms with Crippen LogP contribution in [0.15, 0.2) is 45.6 Å². The van der Waals surface area contributed by atoms with Gasteiger partial charge in [-0.05, 0) is 37.3 Å². The number of rotatable bonds is 4. The lowest BCUT2D eigenvalue weighted by Crippen LogP contribution is -2.19. The summed E-state index contributed by atoms with van der Waals surface area (Å²) in [6.45, 7) is 2.53. The van der Waals surface area contributed by atoms with Gasteiger partial charge in [-0.1, -0.05) is 23.4 Å². The molecule has 0 unspecified atom stereocenters. The zero-order valence-electron chi connectivity index (χ0n) is 12.4. The molecule has 0 bridgehead atoms. The van der Waals surface area contributed by atoms with Crippen molar-refractivity contribution in [2.45, 2.75) is 6.92 Å². The van der Waals surface area contributed by atoms with Gasteiger partial charge < -0.3 is 14.1 Å². The van der Waals surface area contributed by atoms with Crippen molar-refractivity contribution in [3.63, 3.8) is 0 Å². The lowest BCUT2D eigenvalue weighted by Gasteiger charge is -2.15. The predicted molar refractivity (Wildman–Crippen MR) is 87.7 cm³/mol. The summed E-state index contributed by atoms with van der Waals surface area (Å²) in [6, 6.07) is 10.4. The molecule has 0 aliphatic carbocycles. The van der Waals surface area contributed by atoms with Crippen molar-refractivity contribution >= 4 is 17.3 Å². The van der Waals surface area contributed by atoms with Crippen molar-refractivity contribution in [3.8, 4) is 17.6 Å². The van der Waals surface area contributed by atoms with E-state index in [1.165, 1.54) is 6.07 Å². The number of ether oxygens (including phenoxy) is 1. The van der Waals surface area contributed by atoms with Crippen molar-refractivity contribution in [2.24, 2.45) is 0 Å². The topological polar surface area (TPSA) is 42.7 Å². The minimum atomic E-state index is -0.360. The van der Waals surface area contributed by atoms with Crippen molar-refractivity contribution < 1.29 is 9.15 Å². The maximum atomic E-state index is 11.3. The first-order valence-electron chi connectivity index (χ1n) is 6.71. The molecule has 2 rings (SSSR count). The molecule has 4 nitrogen and oxygen atoms in total. The standard InChI is InChI=1S/C17H16ClNO3/c1-13-11-15(12-17(20)22-13)19(2)9-3-4-10-21-16-7-5-14(18)6-8-16/h5-8,11-12H,9-10H2,1-2H3. The molecule has 2 aromatic rings. The number of hydrogen-bond acceptors (Lipinski definition) is 4. The van der Waals surface area contributed by atoms with Gasteiger partial charge in [0.25, 0.3) is 0 Å². The van der Waals surface area contributed by atoms with E-state index in [1.807, 2.05) is 11.9 Å². The molecule has 0 amide bonds. The van der Waals surface area contributed by atoms with Gasteiger partial charge in [-0.25, -0.2) is 4.79 Å². The second-order valence-electron chi connectivity index (χ2n) is 4.70. The lowest BCUT2D eigenvalue weighted by atomic mass is 10.3. The third-order valence-electron chi connectivity index (χ3n) is 2.89. The fourth-order valence-corrected chi connectivity index (χ4v) is 1.90. The molecule has 0 fully saturated rings. The van der Waals surface area contributed by atoms with Crippen LogP contribution in [0.3, 0.4) is 0 Å². The van der Waals surface area contributed by atoms with Crippen LogP contribution in [0, 0.1) is 18.8 Å². The molecule has 0 atom stereocenters. The Balaban J connectivity index is 1.85. The molecule has 0 saturated heterocycles. The van der Waals surface area contributed by atoms with Crippen molar-refractivity contribution in [1.29, 1.82) is 0 Å². The first-order chi connectivity index (χ1) is 10.5. The van der Waals surface area contributed by atoms with Gasteiger partial charge in [-0.2, -0.15) is 0 Å². The summed E-state index contributed by atoms with van der Waals surface area (Å²) >= 11 is 5.79. The molecule has 22 heavy (non-hydrogen) atoms. The van der Waals surface area contributed by atoms with E-state index >= 15 is 0 Å². The molecule has 0 saturated carbocycles. The van der Waals surface area contributed by atoms with Crippen molar-refractivity contribution in [2.75, 3.05) is 25.1 Å². The fraction of sp³-hybridized carbons (Fsp3) is 0.235. The van der Waals surface area contributed by atoms with Gasteiger partial charge in [0.2, 0.25) is 0 Å². The van der Waals surface area contributed by atoms with Crippen LogP contribution in [0.1, 0.15) is 5.76 Å². The summed E-state index contributed by atoms with van der Waals surface area (Å²) in [5.41, 5.74) is 0.419. The smallest absolute Gasteiger partial charge is 0.337 e. The number of nitrogens with zero attached hydrogens (tertiary/aromatic N) is 1. The molecule has 0 spiro atoms. The van der Waals surface area contributed by atoms with Gasteiger partial charge in [0.1, 0.15) is 18.1 Å². The fourth-order valence-electron chi connectivity index (χ4n) is 1.78. The summed E-state index contributed by atoms with van der Waals surface area (Å²) in [6.07, 6.45) is 0. The molecule has 0 aliphatic heterocycles. The minimum Gasteiger partial charge on any atom is -0.481 e. The Labute approximate surface area is 134 Å². The van der Waals surface area contributed by atoms with E-state index in [-0.39, 0.29) is 5.63 Å². The van der Waals surface area contributed by atoms with Crippen LogP contribution in [0.2, 0.25) is 5.02 Å². The minimum absolute atomic E-state index is 0.297. The van der Waals surface area contributed by atoms with Gasteiger partial charge in [0.05, 0.1) is 6.54 Å². The average molecular weight is 318 g/mol. The second-order valence-corrected chi connectivity index (χ2v) is 5.13.